The van der Waals surface area contributed by atoms with E-state index in [1.54, 1.807) is 7.11 Å². The maximum Gasteiger partial charge on any atom is 0.121 e. The molecule has 0 amide bonds. The number of hydrogen-bond acceptors (Lipinski definition) is 2. The third kappa shape index (κ3) is 2.76. The smallest absolute Gasteiger partial charge is 0.121 e. The van der Waals surface area contributed by atoms with Crippen LogP contribution in [0.2, 0.25) is 0 Å². The normalized spacial score (nSPS) is 10.8. The van der Waals surface area contributed by atoms with Crippen LogP contribution in [0.3, 0.4) is 0 Å². The van der Waals surface area contributed by atoms with E-state index in [2.05, 4.69) is 63.3 Å². The summed E-state index contributed by atoms with van der Waals surface area (Å²) in [6.07, 6.45) is 2.17. The number of halogens is 1. The second-order valence-corrected chi connectivity index (χ2v) is 5.84. The Morgan fingerprint density at radius 1 is 1.19 bits per heavy atom. The number of hydrogen-bond donors (Lipinski definition) is 1. The van der Waals surface area contributed by atoms with Crippen molar-refractivity contribution < 1.29 is 4.74 Å². The van der Waals surface area contributed by atoms with E-state index in [1.165, 1.54) is 16.5 Å². The van der Waals surface area contributed by atoms with Crippen LogP contribution in [0.1, 0.15) is 5.56 Å². The van der Waals surface area contributed by atoms with Gasteiger partial charge in [-0.15, -0.1) is 0 Å². The molecule has 0 fully saturated rings. The molecule has 0 aliphatic carbocycles. The van der Waals surface area contributed by atoms with Crippen LogP contribution in [0.4, 0.5) is 5.69 Å². The van der Waals surface area contributed by atoms with Crippen LogP contribution in [0, 0.1) is 0 Å². The van der Waals surface area contributed by atoms with Crippen molar-refractivity contribution in [1.29, 1.82) is 0 Å². The van der Waals surface area contributed by atoms with E-state index >= 15 is 0 Å². The highest BCUT2D eigenvalue weighted by molar-refractivity contribution is 9.10. The van der Waals surface area contributed by atoms with Gasteiger partial charge in [0.25, 0.3) is 0 Å². The summed E-state index contributed by atoms with van der Waals surface area (Å²) < 4.78 is 8.46. The summed E-state index contributed by atoms with van der Waals surface area (Å²) in [6, 6.07) is 14.4. The van der Waals surface area contributed by atoms with Gasteiger partial charge in [0.2, 0.25) is 0 Å². The Kier molecular flexibility index (Phi) is 3.88. The van der Waals surface area contributed by atoms with Crippen LogP contribution < -0.4 is 10.1 Å². The second-order valence-electron chi connectivity index (χ2n) is 4.98. The molecule has 3 aromatic rings. The molecule has 1 N–H and O–H groups in total. The number of aryl methyl sites for hydroxylation is 1. The molecule has 0 atom stereocenters. The molecule has 21 heavy (non-hydrogen) atoms. The molecule has 1 heterocycles. The summed E-state index contributed by atoms with van der Waals surface area (Å²) in [5.41, 5.74) is 3.56. The molecule has 4 heteroatoms. The number of anilines is 1. The zero-order valence-electron chi connectivity index (χ0n) is 12.1. The SMILES string of the molecule is COc1ccc(Br)c(NCc2cn(C)c3ccccc23)c1. The quantitative estimate of drug-likeness (QED) is 0.750. The Bertz CT molecular complexity index is 780. The van der Waals surface area contributed by atoms with Gasteiger partial charge in [0.05, 0.1) is 12.8 Å². The molecule has 0 saturated carbocycles. The average Bonchev–Trinajstić information content (AvgIpc) is 2.83. The van der Waals surface area contributed by atoms with Crippen molar-refractivity contribution in [2.75, 3.05) is 12.4 Å². The molecular formula is C17H17BrN2O. The van der Waals surface area contributed by atoms with Crippen molar-refractivity contribution in [3.05, 3.63) is 58.7 Å². The number of nitrogens with zero attached hydrogens (tertiary/aromatic N) is 1. The maximum absolute atomic E-state index is 5.27. The van der Waals surface area contributed by atoms with Crippen LogP contribution in [-0.2, 0) is 13.6 Å². The zero-order chi connectivity index (χ0) is 14.8. The second kappa shape index (κ2) is 5.82. The molecule has 2 aromatic carbocycles. The van der Waals surface area contributed by atoms with Gasteiger partial charge in [0, 0.05) is 41.2 Å². The lowest BCUT2D eigenvalue weighted by Crippen LogP contribution is -2.00. The highest BCUT2D eigenvalue weighted by atomic mass is 79.9. The van der Waals surface area contributed by atoms with E-state index in [0.717, 1.165) is 22.5 Å². The Balaban J connectivity index is 1.87. The average molecular weight is 345 g/mol. The van der Waals surface area contributed by atoms with Gasteiger partial charge in [0.1, 0.15) is 5.75 Å². The fraction of sp³-hybridized carbons (Fsp3) is 0.176. The van der Waals surface area contributed by atoms with Gasteiger partial charge in [-0.2, -0.15) is 0 Å². The molecule has 0 unspecified atom stereocenters. The first-order valence-corrected chi connectivity index (χ1v) is 7.58. The number of fused-ring (bicyclic) bond motifs is 1. The van der Waals surface area contributed by atoms with Crippen molar-refractivity contribution in [3.8, 4) is 5.75 Å². The van der Waals surface area contributed by atoms with Crippen LogP contribution in [0.25, 0.3) is 10.9 Å². The van der Waals surface area contributed by atoms with Gasteiger partial charge in [-0.1, -0.05) is 18.2 Å². The van der Waals surface area contributed by atoms with Gasteiger partial charge in [0.15, 0.2) is 0 Å². The minimum absolute atomic E-state index is 0.771. The molecule has 0 aliphatic rings. The molecule has 3 nitrogen and oxygen atoms in total. The van der Waals surface area contributed by atoms with Crippen LogP contribution >= 0.6 is 15.9 Å². The van der Waals surface area contributed by atoms with E-state index < -0.39 is 0 Å². The van der Waals surface area contributed by atoms with E-state index in [-0.39, 0.29) is 0 Å². The number of benzene rings is 2. The number of methoxy groups -OCH3 is 1. The monoisotopic (exact) mass is 344 g/mol. The van der Waals surface area contributed by atoms with Gasteiger partial charge in [-0.05, 0) is 39.7 Å². The first kappa shape index (κ1) is 14.0. The third-order valence-electron chi connectivity index (χ3n) is 3.62. The summed E-state index contributed by atoms with van der Waals surface area (Å²) in [6.45, 7) is 0.771. The lowest BCUT2D eigenvalue weighted by atomic mass is 10.2. The number of ether oxygens (including phenoxy) is 1. The fourth-order valence-corrected chi connectivity index (χ4v) is 2.91. The lowest BCUT2D eigenvalue weighted by molar-refractivity contribution is 0.415. The Morgan fingerprint density at radius 3 is 2.81 bits per heavy atom. The van der Waals surface area contributed by atoms with Gasteiger partial charge >= 0.3 is 0 Å². The molecule has 108 valence electrons. The van der Waals surface area contributed by atoms with Crippen LogP contribution in [0.5, 0.6) is 5.75 Å². The first-order chi connectivity index (χ1) is 10.2. The molecular weight excluding hydrogens is 328 g/mol. The van der Waals surface area contributed by atoms with Crippen molar-refractivity contribution in [2.45, 2.75) is 6.54 Å². The zero-order valence-corrected chi connectivity index (χ0v) is 13.6. The molecule has 0 spiro atoms. The van der Waals surface area contributed by atoms with Crippen molar-refractivity contribution >= 4 is 32.5 Å². The van der Waals surface area contributed by atoms with Crippen molar-refractivity contribution in [1.82, 2.24) is 4.57 Å². The largest absolute Gasteiger partial charge is 0.497 e. The van der Waals surface area contributed by atoms with E-state index in [0.29, 0.717) is 0 Å². The number of para-hydroxylation sites is 1. The molecule has 1 aromatic heterocycles. The predicted molar refractivity (Wildman–Crippen MR) is 90.9 cm³/mol. The summed E-state index contributed by atoms with van der Waals surface area (Å²) in [4.78, 5) is 0. The Labute approximate surface area is 132 Å². The molecule has 0 aliphatic heterocycles. The molecule has 0 saturated heterocycles. The van der Waals surface area contributed by atoms with E-state index in [4.69, 9.17) is 4.74 Å². The standard InChI is InChI=1S/C17H17BrN2O/c1-20-11-12(14-5-3-4-6-17(14)20)10-19-16-9-13(21-2)7-8-15(16)18/h3-9,11,19H,10H2,1-2H3. The van der Waals surface area contributed by atoms with Crippen LogP contribution in [0.15, 0.2) is 53.1 Å². The highest BCUT2D eigenvalue weighted by Gasteiger charge is 2.07. The lowest BCUT2D eigenvalue weighted by Gasteiger charge is -2.10. The number of rotatable bonds is 4. The van der Waals surface area contributed by atoms with Gasteiger partial charge in [-0.3, -0.25) is 0 Å². The minimum atomic E-state index is 0.771. The fourth-order valence-electron chi connectivity index (χ4n) is 2.52. The van der Waals surface area contributed by atoms with Crippen LogP contribution in [-0.4, -0.2) is 11.7 Å². The summed E-state index contributed by atoms with van der Waals surface area (Å²) in [5.74, 6) is 0.846. The van der Waals surface area contributed by atoms with E-state index in [9.17, 15) is 0 Å². The molecule has 3 rings (SSSR count). The topological polar surface area (TPSA) is 26.2 Å². The number of nitrogens with one attached hydrogen (secondary N) is 1. The summed E-state index contributed by atoms with van der Waals surface area (Å²) in [7, 11) is 3.75. The Hall–Kier alpha value is -1.94. The molecule has 0 radical (unpaired) electrons. The highest BCUT2D eigenvalue weighted by Crippen LogP contribution is 2.28. The minimum Gasteiger partial charge on any atom is -0.497 e. The molecule has 0 bridgehead atoms. The number of aromatic nitrogens is 1. The third-order valence-corrected chi connectivity index (χ3v) is 4.31. The first-order valence-electron chi connectivity index (χ1n) is 6.79. The maximum atomic E-state index is 5.27. The summed E-state index contributed by atoms with van der Waals surface area (Å²) >= 11 is 3.56. The van der Waals surface area contributed by atoms with Gasteiger partial charge < -0.3 is 14.6 Å². The predicted octanol–water partition coefficient (Wildman–Crippen LogP) is 4.56. The van der Waals surface area contributed by atoms with Crippen molar-refractivity contribution in [2.24, 2.45) is 7.05 Å². The summed E-state index contributed by atoms with van der Waals surface area (Å²) in [5, 5.41) is 4.75. The van der Waals surface area contributed by atoms with Gasteiger partial charge in [-0.25, -0.2) is 0 Å². The van der Waals surface area contributed by atoms with E-state index in [1.807, 2.05) is 18.2 Å². The Morgan fingerprint density at radius 2 is 2.00 bits per heavy atom. The van der Waals surface area contributed by atoms with Crippen molar-refractivity contribution in [3.63, 3.8) is 0 Å².